The highest BCUT2D eigenvalue weighted by molar-refractivity contribution is 5.89. The van der Waals surface area contributed by atoms with Gasteiger partial charge in [-0.15, -0.1) is 0 Å². The average Bonchev–Trinajstić information content (AvgIpc) is 3.07. The number of piperidine rings is 1. The summed E-state index contributed by atoms with van der Waals surface area (Å²) in [5.74, 6) is 1.96. The number of nitrogens with one attached hydrogen (secondary N) is 2. The molecule has 1 saturated heterocycles. The topological polar surface area (TPSA) is 74.6 Å². The van der Waals surface area contributed by atoms with Crippen LogP contribution in [0.25, 0.3) is 0 Å². The minimum absolute atomic E-state index is 0.0336. The molecule has 0 spiro atoms. The molecule has 2 N–H and O–H groups in total. The molecule has 1 aromatic heterocycles. The lowest BCUT2D eigenvalue weighted by Gasteiger charge is -2.31. The molecule has 0 saturated carbocycles. The van der Waals surface area contributed by atoms with E-state index in [2.05, 4.69) is 10.6 Å². The summed E-state index contributed by atoms with van der Waals surface area (Å²) in [6.07, 6.45) is 2.18. The van der Waals surface area contributed by atoms with Gasteiger partial charge in [0.1, 0.15) is 11.5 Å². The quantitative estimate of drug-likeness (QED) is 0.861. The summed E-state index contributed by atoms with van der Waals surface area (Å²) in [6, 6.07) is 13.1. The van der Waals surface area contributed by atoms with Crippen molar-refractivity contribution in [3.63, 3.8) is 0 Å². The highest BCUT2D eigenvalue weighted by Crippen LogP contribution is 2.21. The monoisotopic (exact) mass is 355 g/mol. The number of aryl methyl sites for hydroxylation is 1. The second-order valence-corrected chi connectivity index (χ2v) is 6.72. The van der Waals surface area contributed by atoms with Gasteiger partial charge in [-0.05, 0) is 49.9 Å². The number of hydrogen-bond acceptors (Lipinski definition) is 3. The molecule has 138 valence electrons. The van der Waals surface area contributed by atoms with Crippen molar-refractivity contribution in [3.05, 3.63) is 54.0 Å². The number of benzene rings is 1. The van der Waals surface area contributed by atoms with E-state index < -0.39 is 0 Å². The van der Waals surface area contributed by atoms with Crippen LogP contribution in [0.1, 0.15) is 30.8 Å². The Morgan fingerprint density at radius 3 is 2.50 bits per heavy atom. The molecular weight excluding hydrogens is 330 g/mol. The van der Waals surface area contributed by atoms with Gasteiger partial charge in [0.25, 0.3) is 0 Å². The largest absolute Gasteiger partial charge is 0.465 e. The molecule has 2 aromatic rings. The van der Waals surface area contributed by atoms with Crippen molar-refractivity contribution in [1.29, 1.82) is 0 Å². The van der Waals surface area contributed by atoms with Gasteiger partial charge in [-0.25, -0.2) is 4.79 Å². The third kappa shape index (κ3) is 5.12. The zero-order valence-corrected chi connectivity index (χ0v) is 15.0. The van der Waals surface area contributed by atoms with Crippen LogP contribution in [0.3, 0.4) is 0 Å². The Morgan fingerprint density at radius 2 is 1.85 bits per heavy atom. The molecule has 0 aliphatic carbocycles. The van der Waals surface area contributed by atoms with E-state index in [1.807, 2.05) is 54.3 Å². The maximum atomic E-state index is 12.3. The van der Waals surface area contributed by atoms with E-state index >= 15 is 0 Å². The van der Waals surface area contributed by atoms with E-state index in [0.717, 1.165) is 30.0 Å². The summed E-state index contributed by atoms with van der Waals surface area (Å²) < 4.78 is 5.45. The molecule has 0 bridgehead atoms. The van der Waals surface area contributed by atoms with Crippen LogP contribution >= 0.6 is 0 Å². The van der Waals surface area contributed by atoms with Gasteiger partial charge >= 0.3 is 6.03 Å². The number of para-hydroxylation sites is 1. The van der Waals surface area contributed by atoms with Crippen molar-refractivity contribution in [2.24, 2.45) is 5.92 Å². The van der Waals surface area contributed by atoms with Gasteiger partial charge in [-0.1, -0.05) is 18.2 Å². The fourth-order valence-corrected chi connectivity index (χ4v) is 3.16. The number of likely N-dealkylation sites (tertiary alicyclic amines) is 1. The normalized spacial score (nSPS) is 14.9. The number of carbonyl (C=O) groups excluding carboxylic acids is 2. The summed E-state index contributed by atoms with van der Waals surface area (Å²) >= 11 is 0. The van der Waals surface area contributed by atoms with E-state index in [4.69, 9.17) is 4.42 Å². The SMILES string of the molecule is Cc1ccc(CNC(=O)CC2CCN(C(=O)Nc3ccccc3)CC2)o1. The van der Waals surface area contributed by atoms with Crippen LogP contribution in [0.5, 0.6) is 0 Å². The molecule has 1 aliphatic rings. The molecule has 0 radical (unpaired) electrons. The Balaban J connectivity index is 1.37. The number of nitrogens with zero attached hydrogens (tertiary/aromatic N) is 1. The molecular formula is C20H25N3O3. The van der Waals surface area contributed by atoms with Crippen molar-refractivity contribution in [3.8, 4) is 0 Å². The van der Waals surface area contributed by atoms with Crippen molar-refractivity contribution in [2.75, 3.05) is 18.4 Å². The third-order valence-electron chi connectivity index (χ3n) is 4.66. The number of rotatable bonds is 5. The van der Waals surface area contributed by atoms with E-state index in [0.29, 0.717) is 32.0 Å². The van der Waals surface area contributed by atoms with E-state index in [9.17, 15) is 9.59 Å². The maximum Gasteiger partial charge on any atom is 0.321 e. The van der Waals surface area contributed by atoms with Crippen LogP contribution in [-0.4, -0.2) is 29.9 Å². The number of furan rings is 1. The van der Waals surface area contributed by atoms with Gasteiger partial charge in [0, 0.05) is 25.2 Å². The first-order valence-electron chi connectivity index (χ1n) is 9.03. The lowest BCUT2D eigenvalue weighted by Crippen LogP contribution is -2.41. The van der Waals surface area contributed by atoms with Crippen LogP contribution in [0, 0.1) is 12.8 Å². The highest BCUT2D eigenvalue weighted by Gasteiger charge is 2.24. The summed E-state index contributed by atoms with van der Waals surface area (Å²) in [7, 11) is 0. The van der Waals surface area contributed by atoms with Crippen LogP contribution in [0.2, 0.25) is 0 Å². The zero-order valence-electron chi connectivity index (χ0n) is 15.0. The molecule has 1 aromatic carbocycles. The minimum Gasteiger partial charge on any atom is -0.465 e. The van der Waals surface area contributed by atoms with Gasteiger partial charge in [-0.2, -0.15) is 0 Å². The first-order chi connectivity index (χ1) is 12.6. The number of urea groups is 1. The van der Waals surface area contributed by atoms with Gasteiger partial charge in [0.15, 0.2) is 0 Å². The molecule has 0 atom stereocenters. The smallest absolute Gasteiger partial charge is 0.321 e. The molecule has 0 unspecified atom stereocenters. The summed E-state index contributed by atoms with van der Waals surface area (Å²) in [6.45, 7) is 3.65. The second-order valence-electron chi connectivity index (χ2n) is 6.72. The second kappa shape index (κ2) is 8.56. The average molecular weight is 355 g/mol. The summed E-state index contributed by atoms with van der Waals surface area (Å²) in [5, 5.41) is 5.81. The van der Waals surface area contributed by atoms with Crippen LogP contribution in [0.15, 0.2) is 46.9 Å². The first kappa shape index (κ1) is 18.0. The van der Waals surface area contributed by atoms with Crippen molar-refractivity contribution in [1.82, 2.24) is 10.2 Å². The highest BCUT2D eigenvalue weighted by atomic mass is 16.3. The summed E-state index contributed by atoms with van der Waals surface area (Å²) in [5.41, 5.74) is 0.798. The predicted molar refractivity (Wildman–Crippen MR) is 99.7 cm³/mol. The standard InChI is InChI=1S/C20H25N3O3/c1-15-7-8-18(26-15)14-21-19(24)13-16-9-11-23(12-10-16)20(25)22-17-5-3-2-4-6-17/h2-8,16H,9-14H2,1H3,(H,21,24)(H,22,25). The Morgan fingerprint density at radius 1 is 1.12 bits per heavy atom. The molecule has 2 heterocycles. The molecule has 1 aliphatic heterocycles. The predicted octanol–water partition coefficient (Wildman–Crippen LogP) is 3.54. The van der Waals surface area contributed by atoms with Crippen LogP contribution in [-0.2, 0) is 11.3 Å². The lowest BCUT2D eigenvalue weighted by molar-refractivity contribution is -0.122. The third-order valence-corrected chi connectivity index (χ3v) is 4.66. The van der Waals surface area contributed by atoms with Gasteiger partial charge < -0.3 is 20.0 Å². The van der Waals surface area contributed by atoms with Crippen molar-refractivity contribution < 1.29 is 14.0 Å². The van der Waals surface area contributed by atoms with Gasteiger partial charge in [0.2, 0.25) is 5.91 Å². The maximum absolute atomic E-state index is 12.3. The minimum atomic E-state index is -0.0766. The number of hydrogen-bond donors (Lipinski definition) is 2. The zero-order chi connectivity index (χ0) is 18.4. The first-order valence-corrected chi connectivity index (χ1v) is 9.03. The number of amides is 3. The van der Waals surface area contributed by atoms with Crippen molar-refractivity contribution >= 4 is 17.6 Å². The molecule has 3 rings (SSSR count). The Kier molecular flexibility index (Phi) is 5.94. The van der Waals surface area contributed by atoms with Crippen molar-refractivity contribution in [2.45, 2.75) is 32.7 Å². The van der Waals surface area contributed by atoms with E-state index in [-0.39, 0.29) is 11.9 Å². The Bertz CT molecular complexity index is 734. The lowest BCUT2D eigenvalue weighted by atomic mass is 9.93. The molecule has 3 amide bonds. The fraction of sp³-hybridized carbons (Fsp3) is 0.400. The van der Waals surface area contributed by atoms with Crippen LogP contribution < -0.4 is 10.6 Å². The van der Waals surface area contributed by atoms with E-state index in [1.165, 1.54) is 0 Å². The molecule has 6 heteroatoms. The van der Waals surface area contributed by atoms with Gasteiger partial charge in [0.05, 0.1) is 6.54 Å². The molecule has 1 fully saturated rings. The number of carbonyl (C=O) groups is 2. The van der Waals surface area contributed by atoms with E-state index in [1.54, 1.807) is 0 Å². The van der Waals surface area contributed by atoms with Crippen LogP contribution in [0.4, 0.5) is 10.5 Å². The fourth-order valence-electron chi connectivity index (χ4n) is 3.16. The Labute approximate surface area is 153 Å². The molecule has 6 nitrogen and oxygen atoms in total. The number of anilines is 1. The van der Waals surface area contributed by atoms with Gasteiger partial charge in [-0.3, -0.25) is 4.79 Å². The summed E-state index contributed by atoms with van der Waals surface area (Å²) in [4.78, 5) is 26.2. The Hall–Kier alpha value is -2.76. The molecule has 26 heavy (non-hydrogen) atoms.